The van der Waals surface area contributed by atoms with Crippen LogP contribution in [0.1, 0.15) is 11.1 Å². The highest BCUT2D eigenvalue weighted by atomic mass is 35.5. The zero-order valence-corrected chi connectivity index (χ0v) is 12.2. The Bertz CT molecular complexity index is 659. The first kappa shape index (κ1) is 14.7. The van der Waals surface area contributed by atoms with Crippen LogP contribution in [-0.4, -0.2) is 6.54 Å². The Morgan fingerprint density at radius 1 is 1.05 bits per heavy atom. The number of benzene rings is 2. The minimum atomic E-state index is 0.314. The molecule has 20 heavy (non-hydrogen) atoms. The van der Waals surface area contributed by atoms with E-state index in [0.29, 0.717) is 28.9 Å². The molecule has 102 valence electrons. The smallest absolute Gasteiger partial charge is 0.135 e. The summed E-state index contributed by atoms with van der Waals surface area (Å²) in [5, 5.41) is 1.03. The Morgan fingerprint density at radius 3 is 2.65 bits per heavy atom. The number of nitrogens with two attached hydrogens (primary N) is 1. The summed E-state index contributed by atoms with van der Waals surface area (Å²) in [5.74, 6) is 6.49. The van der Waals surface area contributed by atoms with Crippen LogP contribution in [0.2, 0.25) is 10.0 Å². The average Bonchev–Trinajstić information content (AvgIpc) is 2.47. The van der Waals surface area contributed by atoms with Gasteiger partial charge in [-0.2, -0.15) is 0 Å². The third-order valence-corrected chi connectivity index (χ3v) is 3.48. The van der Waals surface area contributed by atoms with Crippen molar-refractivity contribution >= 4 is 23.2 Å². The molecule has 0 radical (unpaired) electrons. The van der Waals surface area contributed by atoms with E-state index in [1.54, 1.807) is 6.07 Å². The molecule has 0 heterocycles. The maximum Gasteiger partial charge on any atom is 0.135 e. The van der Waals surface area contributed by atoms with Gasteiger partial charge in [0.2, 0.25) is 0 Å². The average molecular weight is 306 g/mol. The van der Waals surface area contributed by atoms with Crippen LogP contribution in [0.15, 0.2) is 42.5 Å². The highest BCUT2D eigenvalue weighted by Gasteiger charge is 2.06. The number of para-hydroxylation sites is 1. The summed E-state index contributed by atoms with van der Waals surface area (Å²) in [4.78, 5) is 0. The van der Waals surface area contributed by atoms with Crippen molar-refractivity contribution in [1.29, 1.82) is 0 Å². The van der Waals surface area contributed by atoms with E-state index in [1.807, 2.05) is 36.4 Å². The third-order valence-electron chi connectivity index (χ3n) is 2.63. The van der Waals surface area contributed by atoms with Gasteiger partial charge in [0.1, 0.15) is 12.4 Å². The molecule has 0 unspecified atom stereocenters. The van der Waals surface area contributed by atoms with E-state index >= 15 is 0 Å². The van der Waals surface area contributed by atoms with Crippen LogP contribution in [0.25, 0.3) is 0 Å². The zero-order valence-electron chi connectivity index (χ0n) is 10.7. The van der Waals surface area contributed by atoms with E-state index in [4.69, 9.17) is 33.7 Å². The van der Waals surface area contributed by atoms with Gasteiger partial charge in [-0.1, -0.05) is 59.3 Å². The van der Waals surface area contributed by atoms with Gasteiger partial charge in [-0.25, -0.2) is 0 Å². The van der Waals surface area contributed by atoms with Crippen LogP contribution in [0.5, 0.6) is 5.75 Å². The minimum absolute atomic E-state index is 0.314. The van der Waals surface area contributed by atoms with Crippen LogP contribution in [0.4, 0.5) is 0 Å². The SMILES string of the molecule is NCC#Cc1ccccc1OCc1cccc(Cl)c1Cl. The molecule has 0 aliphatic carbocycles. The quantitative estimate of drug-likeness (QED) is 0.873. The first-order valence-corrected chi connectivity index (χ1v) is 6.81. The Labute approximate surface area is 128 Å². The lowest BCUT2D eigenvalue weighted by Gasteiger charge is -2.10. The standard InChI is InChI=1S/C16H13Cl2NO/c17-14-8-3-6-13(16(14)18)11-20-15-9-2-1-5-12(15)7-4-10-19/h1-3,5-6,8-9H,10-11,19H2. The molecule has 0 atom stereocenters. The van der Waals surface area contributed by atoms with Gasteiger partial charge in [-0.05, 0) is 18.2 Å². The Morgan fingerprint density at radius 2 is 1.85 bits per heavy atom. The van der Waals surface area contributed by atoms with E-state index in [1.165, 1.54) is 0 Å². The molecule has 4 heteroatoms. The van der Waals surface area contributed by atoms with Crippen molar-refractivity contribution in [2.45, 2.75) is 6.61 Å². The number of hydrogen-bond donors (Lipinski definition) is 1. The predicted molar refractivity (Wildman–Crippen MR) is 83.2 cm³/mol. The fourth-order valence-corrected chi connectivity index (χ4v) is 2.03. The normalized spacial score (nSPS) is 9.75. The molecule has 2 aromatic rings. The van der Waals surface area contributed by atoms with Crippen LogP contribution < -0.4 is 10.5 Å². The lowest BCUT2D eigenvalue weighted by atomic mass is 10.2. The molecule has 0 fully saturated rings. The molecule has 0 aliphatic heterocycles. The van der Waals surface area contributed by atoms with Crippen LogP contribution in [0, 0.1) is 11.8 Å². The lowest BCUT2D eigenvalue weighted by Crippen LogP contribution is -1.98. The molecule has 0 bridgehead atoms. The summed E-state index contributed by atoms with van der Waals surface area (Å²) in [6.07, 6.45) is 0. The third kappa shape index (κ3) is 3.68. The molecule has 0 saturated carbocycles. The van der Waals surface area contributed by atoms with Crippen molar-refractivity contribution in [1.82, 2.24) is 0 Å². The van der Waals surface area contributed by atoms with E-state index in [2.05, 4.69) is 11.8 Å². The van der Waals surface area contributed by atoms with Crippen LogP contribution in [0.3, 0.4) is 0 Å². The predicted octanol–water partition coefficient (Wildman–Crippen LogP) is 3.88. The molecule has 0 saturated heterocycles. The summed E-state index contributed by atoms with van der Waals surface area (Å²) in [6.45, 7) is 0.648. The molecular formula is C16H13Cl2NO. The van der Waals surface area contributed by atoms with Gasteiger partial charge in [0.05, 0.1) is 22.2 Å². The van der Waals surface area contributed by atoms with Crippen LogP contribution in [-0.2, 0) is 6.61 Å². The fraction of sp³-hybridized carbons (Fsp3) is 0.125. The molecule has 2 rings (SSSR count). The van der Waals surface area contributed by atoms with E-state index in [0.717, 1.165) is 11.1 Å². The van der Waals surface area contributed by atoms with Gasteiger partial charge in [0.15, 0.2) is 0 Å². The van der Waals surface area contributed by atoms with Crippen molar-refractivity contribution in [3.05, 3.63) is 63.6 Å². The maximum absolute atomic E-state index is 6.13. The lowest BCUT2D eigenvalue weighted by molar-refractivity contribution is 0.305. The van der Waals surface area contributed by atoms with Crippen molar-refractivity contribution in [2.24, 2.45) is 5.73 Å². The number of rotatable bonds is 3. The maximum atomic E-state index is 6.13. The molecule has 0 spiro atoms. The largest absolute Gasteiger partial charge is 0.488 e. The summed E-state index contributed by atoms with van der Waals surface area (Å²) in [5.41, 5.74) is 7.02. The number of ether oxygens (including phenoxy) is 1. The van der Waals surface area contributed by atoms with Crippen molar-refractivity contribution in [2.75, 3.05) is 6.54 Å². The number of hydrogen-bond acceptors (Lipinski definition) is 2. The second-order valence-corrected chi connectivity index (χ2v) is 4.79. The van der Waals surface area contributed by atoms with Gasteiger partial charge >= 0.3 is 0 Å². The van der Waals surface area contributed by atoms with Crippen molar-refractivity contribution < 1.29 is 4.74 Å². The highest BCUT2D eigenvalue weighted by molar-refractivity contribution is 6.42. The molecule has 0 aliphatic rings. The molecular weight excluding hydrogens is 293 g/mol. The molecule has 0 amide bonds. The van der Waals surface area contributed by atoms with Crippen molar-refractivity contribution in [3.8, 4) is 17.6 Å². The van der Waals surface area contributed by atoms with Gasteiger partial charge in [0, 0.05) is 5.56 Å². The number of halogens is 2. The molecule has 0 aromatic heterocycles. The van der Waals surface area contributed by atoms with Gasteiger partial charge < -0.3 is 10.5 Å². The van der Waals surface area contributed by atoms with E-state index < -0.39 is 0 Å². The summed E-state index contributed by atoms with van der Waals surface area (Å²) >= 11 is 12.1. The first-order chi connectivity index (χ1) is 9.72. The first-order valence-electron chi connectivity index (χ1n) is 6.06. The monoisotopic (exact) mass is 305 g/mol. The van der Waals surface area contributed by atoms with Gasteiger partial charge in [-0.3, -0.25) is 0 Å². The highest BCUT2D eigenvalue weighted by Crippen LogP contribution is 2.27. The second-order valence-electron chi connectivity index (χ2n) is 4.00. The minimum Gasteiger partial charge on any atom is -0.488 e. The van der Waals surface area contributed by atoms with Gasteiger partial charge in [0.25, 0.3) is 0 Å². The zero-order chi connectivity index (χ0) is 14.4. The Hall–Kier alpha value is -1.66. The Kier molecular flexibility index (Phi) is 5.31. The van der Waals surface area contributed by atoms with Crippen molar-refractivity contribution in [3.63, 3.8) is 0 Å². The van der Waals surface area contributed by atoms with E-state index in [9.17, 15) is 0 Å². The molecule has 2 nitrogen and oxygen atoms in total. The van der Waals surface area contributed by atoms with E-state index in [-0.39, 0.29) is 0 Å². The Balaban J connectivity index is 2.17. The molecule has 2 aromatic carbocycles. The summed E-state index contributed by atoms with van der Waals surface area (Å²) < 4.78 is 5.77. The fourth-order valence-electron chi connectivity index (χ4n) is 1.66. The second kappa shape index (κ2) is 7.21. The molecule has 2 N–H and O–H groups in total. The van der Waals surface area contributed by atoms with Gasteiger partial charge in [-0.15, -0.1) is 0 Å². The topological polar surface area (TPSA) is 35.2 Å². The summed E-state index contributed by atoms with van der Waals surface area (Å²) in [6, 6.07) is 13.0. The summed E-state index contributed by atoms with van der Waals surface area (Å²) in [7, 11) is 0. The van der Waals surface area contributed by atoms with Crippen LogP contribution >= 0.6 is 23.2 Å².